The van der Waals surface area contributed by atoms with Crippen molar-refractivity contribution in [2.24, 2.45) is 0 Å². The Morgan fingerprint density at radius 1 is 0.279 bits per heavy atom. The predicted octanol–water partition coefficient (Wildman–Crippen LogP) is 23.7. The van der Waals surface area contributed by atoms with Gasteiger partial charge in [-0.05, 0) is 109 Å². The van der Waals surface area contributed by atoms with Crippen LogP contribution >= 0.6 is 15.6 Å². The van der Waals surface area contributed by atoms with Crippen molar-refractivity contribution < 1.29 is 80.2 Å². The molecule has 0 amide bonds. The van der Waals surface area contributed by atoms with Crippen LogP contribution in [0.15, 0.2) is 134 Å². The van der Waals surface area contributed by atoms with Gasteiger partial charge in [0, 0.05) is 25.7 Å². The smallest absolute Gasteiger partial charge is 0.462 e. The average Bonchev–Trinajstić information content (AvgIpc) is 0.907. The molecule has 3 N–H and O–H groups in total. The number of ether oxygens (including phenoxy) is 4. The van der Waals surface area contributed by atoms with Gasteiger partial charge < -0.3 is 33.8 Å². The fourth-order valence-corrected chi connectivity index (χ4v) is 12.1. The van der Waals surface area contributed by atoms with Gasteiger partial charge in [0.25, 0.3) is 0 Å². The van der Waals surface area contributed by atoms with Gasteiger partial charge in [0.05, 0.1) is 26.4 Å². The van der Waals surface area contributed by atoms with Gasteiger partial charge in [-0.15, -0.1) is 0 Å². The van der Waals surface area contributed by atoms with Gasteiger partial charge in [-0.2, -0.15) is 0 Å². The van der Waals surface area contributed by atoms with E-state index in [0.29, 0.717) is 32.1 Å². The van der Waals surface area contributed by atoms with Crippen LogP contribution in [0.2, 0.25) is 0 Å². The molecule has 0 aliphatic rings. The minimum absolute atomic E-state index is 0.0315. The Kier molecular flexibility index (Phi) is 72.9. The zero-order chi connectivity index (χ0) is 76.0. The summed E-state index contributed by atoms with van der Waals surface area (Å²) in [6.45, 7) is 4.55. The summed E-state index contributed by atoms with van der Waals surface area (Å²) in [5, 5.41) is 10.6. The van der Waals surface area contributed by atoms with Gasteiger partial charge in [-0.25, -0.2) is 9.13 Å². The van der Waals surface area contributed by atoms with Gasteiger partial charge in [-0.3, -0.25) is 37.3 Å². The third kappa shape index (κ3) is 75.4. The van der Waals surface area contributed by atoms with Crippen molar-refractivity contribution in [3.63, 3.8) is 0 Å². The molecular weight excluding hydrogens is 1350 g/mol. The van der Waals surface area contributed by atoms with E-state index in [1.807, 2.05) is 18.2 Å². The monoisotopic (exact) mass is 1500 g/mol. The molecule has 0 bridgehead atoms. The van der Waals surface area contributed by atoms with Crippen molar-refractivity contribution in [1.82, 2.24) is 0 Å². The number of aliphatic hydroxyl groups is 1. The average molecular weight is 1500 g/mol. The topological polar surface area (TPSA) is 237 Å². The molecule has 17 nitrogen and oxygen atoms in total. The second-order valence-corrected chi connectivity index (χ2v) is 29.5. The Morgan fingerprint density at radius 3 is 0.827 bits per heavy atom. The number of phosphoric acid groups is 2. The van der Waals surface area contributed by atoms with E-state index in [1.165, 1.54) is 109 Å². The molecule has 0 aromatic rings. The van der Waals surface area contributed by atoms with E-state index >= 15 is 0 Å². The van der Waals surface area contributed by atoms with Crippen LogP contribution in [-0.2, 0) is 65.4 Å². The number of esters is 4. The predicted molar refractivity (Wildman–Crippen MR) is 427 cm³/mol. The minimum Gasteiger partial charge on any atom is -0.462 e. The highest BCUT2D eigenvalue weighted by molar-refractivity contribution is 7.47. The van der Waals surface area contributed by atoms with E-state index in [2.05, 4.69) is 143 Å². The lowest BCUT2D eigenvalue weighted by atomic mass is 10.0. The van der Waals surface area contributed by atoms with Crippen molar-refractivity contribution in [3.8, 4) is 0 Å². The fraction of sp³-hybridized carbons (Fsp3) is 0.694. The quantitative estimate of drug-likeness (QED) is 0.0169. The van der Waals surface area contributed by atoms with Crippen molar-refractivity contribution in [2.75, 3.05) is 39.6 Å². The molecule has 0 aliphatic heterocycles. The first-order valence-corrected chi connectivity index (χ1v) is 43.4. The Labute approximate surface area is 631 Å². The summed E-state index contributed by atoms with van der Waals surface area (Å²) in [6.07, 6.45) is 85.9. The maximum Gasteiger partial charge on any atom is 0.472 e. The van der Waals surface area contributed by atoms with Crippen LogP contribution in [0.3, 0.4) is 0 Å². The highest BCUT2D eigenvalue weighted by Crippen LogP contribution is 2.45. The van der Waals surface area contributed by atoms with E-state index in [-0.39, 0.29) is 25.7 Å². The molecule has 2 unspecified atom stereocenters. The second-order valence-electron chi connectivity index (χ2n) is 26.6. The first kappa shape index (κ1) is 99.2. The molecule has 104 heavy (non-hydrogen) atoms. The van der Waals surface area contributed by atoms with Crippen LogP contribution < -0.4 is 0 Å². The number of phosphoric ester groups is 2. The molecule has 0 spiro atoms. The normalized spacial score (nSPS) is 14.6. The summed E-state index contributed by atoms with van der Waals surface area (Å²) in [5.74, 6) is -2.30. The first-order valence-electron chi connectivity index (χ1n) is 40.4. The number of carbonyl (C=O) groups is 4. The van der Waals surface area contributed by atoms with Crippen LogP contribution in [0.1, 0.15) is 323 Å². The largest absolute Gasteiger partial charge is 0.472 e. The summed E-state index contributed by atoms with van der Waals surface area (Å²) in [6, 6.07) is 0. The Balaban J connectivity index is 5.45. The molecular formula is C85H144O17P2. The van der Waals surface area contributed by atoms with Crippen LogP contribution in [0, 0.1) is 0 Å². The van der Waals surface area contributed by atoms with E-state index in [4.69, 9.17) is 37.0 Å². The molecule has 0 saturated carbocycles. The maximum atomic E-state index is 13.1. The van der Waals surface area contributed by atoms with Gasteiger partial charge >= 0.3 is 39.5 Å². The summed E-state index contributed by atoms with van der Waals surface area (Å²) in [7, 11) is -9.99. The summed E-state index contributed by atoms with van der Waals surface area (Å²) < 4.78 is 68.5. The van der Waals surface area contributed by atoms with Crippen LogP contribution in [0.5, 0.6) is 0 Å². The summed E-state index contributed by atoms with van der Waals surface area (Å²) in [4.78, 5) is 73.0. The van der Waals surface area contributed by atoms with Gasteiger partial charge in [0.2, 0.25) is 0 Å². The Hall–Kier alpha value is -4.80. The highest BCUT2D eigenvalue weighted by Gasteiger charge is 2.30. The first-order chi connectivity index (χ1) is 50.7. The molecule has 0 fully saturated rings. The van der Waals surface area contributed by atoms with E-state index in [9.17, 15) is 43.2 Å². The summed E-state index contributed by atoms with van der Waals surface area (Å²) in [5.41, 5.74) is 0. The molecule has 0 aromatic heterocycles. The van der Waals surface area contributed by atoms with Crippen molar-refractivity contribution in [1.29, 1.82) is 0 Å². The molecule has 0 saturated heterocycles. The van der Waals surface area contributed by atoms with Crippen molar-refractivity contribution >= 4 is 39.5 Å². The number of hydrogen-bond donors (Lipinski definition) is 3. The van der Waals surface area contributed by atoms with Crippen LogP contribution in [0.25, 0.3) is 0 Å². The van der Waals surface area contributed by atoms with Gasteiger partial charge in [0.15, 0.2) is 12.2 Å². The van der Waals surface area contributed by atoms with Gasteiger partial charge in [-0.1, -0.05) is 322 Å². The zero-order valence-corrected chi connectivity index (χ0v) is 66.9. The molecule has 0 aliphatic carbocycles. The molecule has 0 heterocycles. The lowest BCUT2D eigenvalue weighted by Gasteiger charge is -2.21. The molecule has 0 rings (SSSR count). The number of carbonyl (C=O) groups excluding carboxylic acids is 4. The Morgan fingerprint density at radius 2 is 0.519 bits per heavy atom. The van der Waals surface area contributed by atoms with Crippen molar-refractivity contribution in [2.45, 2.75) is 341 Å². The van der Waals surface area contributed by atoms with E-state index in [1.54, 1.807) is 0 Å². The number of aliphatic hydroxyl groups excluding tert-OH is 1. The van der Waals surface area contributed by atoms with Crippen LogP contribution in [-0.4, -0.2) is 96.7 Å². The SMILES string of the molecule is CC/C=C\C/C=C\C/C=C\C/C=C\C/C=C\C/C=C\CCC(=O)O[C@H](COC(=O)CCCCCCCCCCCCCCC)COP(=O)(O)OC[C@@H](O)COP(=O)(O)OC[C@@H](COC(=O)CCCCCCCCCCCCCCC)OC(=O)CCCCC/C=C\C/C=C\C/C=C\C/C=C\C/C=C\CC. The maximum absolute atomic E-state index is 13.1. The second kappa shape index (κ2) is 76.4. The van der Waals surface area contributed by atoms with Crippen molar-refractivity contribution in [3.05, 3.63) is 134 Å². The van der Waals surface area contributed by atoms with E-state index in [0.717, 1.165) is 128 Å². The lowest BCUT2D eigenvalue weighted by molar-refractivity contribution is -0.161. The Bertz CT molecular complexity index is 2490. The lowest BCUT2D eigenvalue weighted by Crippen LogP contribution is -2.30. The molecule has 5 atom stereocenters. The standard InChI is InChI=1S/C85H144O17P2/c1-5-9-13-17-21-25-29-33-35-37-39-41-43-47-51-55-59-63-67-71-84(89)101-80(75-95-82(87)69-65-61-57-53-49-45-31-27-23-19-15-11-7-3)77-99-103(91,92)97-73-79(86)74-98-104(93,94)100-78-81(76-96-83(88)70-66-62-58-54-50-46-32-28-24-20-16-12-8-4)102-85(90)72-68-64-60-56-52-48-44-42-40-38-36-34-30-26-22-18-14-10-6-2/h9-10,13-14,21-22,25-26,33-36,39-42,47-48,51-52,59,63,79-81,86H,5-8,11-12,15-20,23-24,27-32,37-38,43-46,49-50,53-58,60-62,64-78H2,1-4H3,(H,91,92)(H,93,94)/b13-9-,14-10-,25-21-,26-22-,35-33-,36-34-,41-39-,42-40-,51-47-,52-48-,63-59-/t79-,80-,81-/m1/s1. The molecule has 0 aromatic carbocycles. The van der Waals surface area contributed by atoms with Gasteiger partial charge in [0.1, 0.15) is 19.3 Å². The number of rotatable bonds is 75. The molecule has 596 valence electrons. The number of hydrogen-bond acceptors (Lipinski definition) is 15. The highest BCUT2D eigenvalue weighted by atomic mass is 31.2. The third-order valence-electron chi connectivity index (χ3n) is 16.7. The minimum atomic E-state index is -5.00. The number of unbranched alkanes of at least 4 members (excludes halogenated alkanes) is 27. The molecule has 0 radical (unpaired) electrons. The van der Waals surface area contributed by atoms with Crippen LogP contribution in [0.4, 0.5) is 0 Å². The molecule has 19 heteroatoms. The summed E-state index contributed by atoms with van der Waals surface area (Å²) >= 11 is 0. The van der Waals surface area contributed by atoms with E-state index < -0.39 is 97.5 Å². The fourth-order valence-electron chi connectivity index (χ4n) is 10.6. The third-order valence-corrected chi connectivity index (χ3v) is 18.6. The number of allylic oxidation sites excluding steroid dienone is 22. The zero-order valence-electron chi connectivity index (χ0n) is 65.2.